The summed E-state index contributed by atoms with van der Waals surface area (Å²) in [6.45, 7) is 3.92. The number of rotatable bonds is 2. The lowest BCUT2D eigenvalue weighted by Gasteiger charge is -2.10. The molecule has 2 nitrogen and oxygen atoms in total. The highest BCUT2D eigenvalue weighted by atomic mass is 19.1. The molecule has 2 aromatic rings. The van der Waals surface area contributed by atoms with E-state index in [4.69, 9.17) is 4.74 Å². The van der Waals surface area contributed by atoms with Gasteiger partial charge in [-0.2, -0.15) is 0 Å². The van der Waals surface area contributed by atoms with E-state index in [1.807, 2.05) is 26.0 Å². The van der Waals surface area contributed by atoms with E-state index in [0.29, 0.717) is 5.69 Å². The fraction of sp³-hybridized carbons (Fsp3) is 0.214. The van der Waals surface area contributed by atoms with Crippen molar-refractivity contribution in [2.24, 2.45) is 0 Å². The van der Waals surface area contributed by atoms with E-state index in [1.54, 1.807) is 7.11 Å². The van der Waals surface area contributed by atoms with Gasteiger partial charge in [-0.25, -0.2) is 4.39 Å². The molecule has 0 bridgehead atoms. The maximum absolute atomic E-state index is 13.2. The molecule has 0 aliphatic carbocycles. The monoisotopic (exact) mass is 231 g/mol. The smallest absolute Gasteiger partial charge is 0.126 e. The van der Waals surface area contributed by atoms with Crippen LogP contribution in [-0.2, 0) is 0 Å². The second-order valence-corrected chi connectivity index (χ2v) is 4.00. The molecule has 0 N–H and O–H groups in total. The quantitative estimate of drug-likeness (QED) is 0.789. The maximum Gasteiger partial charge on any atom is 0.126 e. The topological polar surface area (TPSA) is 22.1 Å². The van der Waals surface area contributed by atoms with Crippen LogP contribution in [0.15, 0.2) is 30.5 Å². The molecule has 0 aliphatic heterocycles. The van der Waals surface area contributed by atoms with Crippen molar-refractivity contribution in [1.82, 2.24) is 4.98 Å². The average Bonchev–Trinajstić information content (AvgIpc) is 2.31. The van der Waals surface area contributed by atoms with Crippen molar-refractivity contribution in [3.05, 3.63) is 47.4 Å². The summed E-state index contributed by atoms with van der Waals surface area (Å²) in [6, 6.07) is 6.69. The Kier molecular flexibility index (Phi) is 3.09. The second-order valence-electron chi connectivity index (χ2n) is 4.00. The zero-order valence-corrected chi connectivity index (χ0v) is 10.1. The highest BCUT2D eigenvalue weighted by molar-refractivity contribution is 5.66. The van der Waals surface area contributed by atoms with Crippen LogP contribution in [0, 0.1) is 19.7 Å². The van der Waals surface area contributed by atoms with Crippen molar-refractivity contribution in [2.45, 2.75) is 13.8 Å². The lowest BCUT2D eigenvalue weighted by Crippen LogP contribution is -1.93. The van der Waals surface area contributed by atoms with Gasteiger partial charge in [0.15, 0.2) is 0 Å². The summed E-state index contributed by atoms with van der Waals surface area (Å²) in [5.74, 6) is 0.561. The van der Waals surface area contributed by atoms with Crippen molar-refractivity contribution < 1.29 is 9.13 Å². The van der Waals surface area contributed by atoms with Crippen LogP contribution in [0.4, 0.5) is 4.39 Å². The molecule has 0 saturated heterocycles. The predicted octanol–water partition coefficient (Wildman–Crippen LogP) is 3.51. The number of methoxy groups -OCH3 is 1. The van der Waals surface area contributed by atoms with Gasteiger partial charge in [0.1, 0.15) is 11.6 Å². The van der Waals surface area contributed by atoms with E-state index >= 15 is 0 Å². The van der Waals surface area contributed by atoms with Gasteiger partial charge >= 0.3 is 0 Å². The fourth-order valence-corrected chi connectivity index (χ4v) is 1.84. The fourth-order valence-electron chi connectivity index (χ4n) is 1.84. The summed E-state index contributed by atoms with van der Waals surface area (Å²) in [6.07, 6.45) is 1.48. The lowest BCUT2D eigenvalue weighted by atomic mass is 10.0. The number of hydrogen-bond acceptors (Lipinski definition) is 2. The number of nitrogens with zero attached hydrogens (tertiary/aromatic N) is 1. The first-order chi connectivity index (χ1) is 8.11. The summed E-state index contributed by atoms with van der Waals surface area (Å²) in [5, 5.41) is 0. The molecule has 0 aliphatic rings. The molecule has 88 valence electrons. The van der Waals surface area contributed by atoms with E-state index in [-0.39, 0.29) is 5.82 Å². The van der Waals surface area contributed by atoms with Crippen LogP contribution in [0.25, 0.3) is 11.3 Å². The van der Waals surface area contributed by atoms with Crippen LogP contribution in [0.3, 0.4) is 0 Å². The number of benzene rings is 1. The molecule has 3 heteroatoms. The Balaban J connectivity index is 2.56. The van der Waals surface area contributed by atoms with E-state index in [9.17, 15) is 4.39 Å². The molecular formula is C14H14FNO. The van der Waals surface area contributed by atoms with E-state index in [1.165, 1.54) is 18.3 Å². The molecule has 0 radical (unpaired) electrons. The Morgan fingerprint density at radius 1 is 1.12 bits per heavy atom. The number of pyridine rings is 1. The van der Waals surface area contributed by atoms with E-state index < -0.39 is 0 Å². The molecular weight excluding hydrogens is 217 g/mol. The predicted molar refractivity (Wildman–Crippen MR) is 65.7 cm³/mol. The molecule has 0 fully saturated rings. The minimum absolute atomic E-state index is 0.275. The number of ether oxygens (including phenoxy) is 1. The highest BCUT2D eigenvalue weighted by Crippen LogP contribution is 2.28. The SMILES string of the molecule is COc1cc(C)c(-c2cc(F)ccn2)cc1C. The van der Waals surface area contributed by atoms with Gasteiger partial charge in [0.05, 0.1) is 12.8 Å². The third kappa shape index (κ3) is 2.28. The Bertz CT molecular complexity index is 552. The Morgan fingerprint density at radius 2 is 1.88 bits per heavy atom. The third-order valence-electron chi connectivity index (χ3n) is 2.74. The van der Waals surface area contributed by atoms with E-state index in [0.717, 1.165) is 22.4 Å². The minimum Gasteiger partial charge on any atom is -0.496 e. The molecule has 1 aromatic heterocycles. The normalized spacial score (nSPS) is 10.4. The number of aromatic nitrogens is 1. The summed E-state index contributed by atoms with van der Waals surface area (Å²) in [7, 11) is 1.64. The van der Waals surface area contributed by atoms with Gasteiger partial charge in [-0.05, 0) is 43.2 Å². The number of halogens is 1. The Hall–Kier alpha value is -1.90. The average molecular weight is 231 g/mol. The molecule has 17 heavy (non-hydrogen) atoms. The zero-order chi connectivity index (χ0) is 12.4. The molecule has 0 atom stereocenters. The molecule has 0 spiro atoms. The summed E-state index contributed by atoms with van der Waals surface area (Å²) in [5.41, 5.74) is 3.61. The van der Waals surface area contributed by atoms with Crippen LogP contribution in [0.5, 0.6) is 5.75 Å². The van der Waals surface area contributed by atoms with Crippen molar-refractivity contribution in [1.29, 1.82) is 0 Å². The summed E-state index contributed by atoms with van der Waals surface area (Å²) in [4.78, 5) is 4.19. The molecule has 1 heterocycles. The van der Waals surface area contributed by atoms with Gasteiger partial charge in [-0.3, -0.25) is 4.98 Å². The van der Waals surface area contributed by atoms with Gasteiger partial charge in [0, 0.05) is 17.8 Å². The van der Waals surface area contributed by atoms with Crippen LogP contribution in [0.1, 0.15) is 11.1 Å². The van der Waals surface area contributed by atoms with Crippen LogP contribution >= 0.6 is 0 Å². The molecule has 1 aromatic carbocycles. The van der Waals surface area contributed by atoms with Crippen molar-refractivity contribution >= 4 is 0 Å². The molecule has 0 saturated carbocycles. The third-order valence-corrected chi connectivity index (χ3v) is 2.74. The molecule has 2 rings (SSSR count). The van der Waals surface area contributed by atoms with Crippen molar-refractivity contribution in [3.8, 4) is 17.0 Å². The second kappa shape index (κ2) is 4.53. The highest BCUT2D eigenvalue weighted by Gasteiger charge is 2.08. The van der Waals surface area contributed by atoms with E-state index in [2.05, 4.69) is 4.98 Å². The Labute approximate surface area is 100 Å². The lowest BCUT2D eigenvalue weighted by molar-refractivity contribution is 0.411. The minimum atomic E-state index is -0.275. The van der Waals surface area contributed by atoms with Crippen molar-refractivity contribution in [3.63, 3.8) is 0 Å². The van der Waals surface area contributed by atoms with Gasteiger partial charge in [0.25, 0.3) is 0 Å². The molecule has 0 unspecified atom stereocenters. The summed E-state index contributed by atoms with van der Waals surface area (Å²) >= 11 is 0. The van der Waals surface area contributed by atoms with Gasteiger partial charge in [-0.1, -0.05) is 0 Å². The first-order valence-electron chi connectivity index (χ1n) is 5.39. The first-order valence-corrected chi connectivity index (χ1v) is 5.39. The first kappa shape index (κ1) is 11.6. The van der Waals surface area contributed by atoms with Crippen LogP contribution in [-0.4, -0.2) is 12.1 Å². The molecule has 0 amide bonds. The standard InChI is InChI=1S/C14H14FNO/c1-9-7-14(17-3)10(2)6-12(9)13-8-11(15)4-5-16-13/h4-8H,1-3H3. The van der Waals surface area contributed by atoms with Gasteiger partial charge in [-0.15, -0.1) is 0 Å². The maximum atomic E-state index is 13.2. The van der Waals surface area contributed by atoms with Gasteiger partial charge < -0.3 is 4.74 Å². The largest absolute Gasteiger partial charge is 0.496 e. The van der Waals surface area contributed by atoms with Crippen molar-refractivity contribution in [2.75, 3.05) is 7.11 Å². The number of hydrogen-bond donors (Lipinski definition) is 0. The zero-order valence-electron chi connectivity index (χ0n) is 10.1. The Morgan fingerprint density at radius 3 is 2.53 bits per heavy atom. The summed E-state index contributed by atoms with van der Waals surface area (Å²) < 4.78 is 18.4. The van der Waals surface area contributed by atoms with Crippen LogP contribution < -0.4 is 4.74 Å². The van der Waals surface area contributed by atoms with Crippen LogP contribution in [0.2, 0.25) is 0 Å². The number of aryl methyl sites for hydroxylation is 2. The van der Waals surface area contributed by atoms with Gasteiger partial charge in [0.2, 0.25) is 0 Å².